The molecule has 0 heterocycles. The third-order valence-corrected chi connectivity index (χ3v) is 2.20. The summed E-state index contributed by atoms with van der Waals surface area (Å²) in [6.45, 7) is 0. The first kappa shape index (κ1) is 5.96. The van der Waals surface area contributed by atoms with Gasteiger partial charge in [0.2, 0.25) is 0 Å². The molecular formula is C7H10S. The van der Waals surface area contributed by atoms with E-state index in [1.165, 1.54) is 6.42 Å². The van der Waals surface area contributed by atoms with Crippen LogP contribution in [-0.2, 0) is 0 Å². The summed E-state index contributed by atoms with van der Waals surface area (Å²) >= 11 is 1.91. The molecule has 1 aliphatic carbocycles. The number of rotatable bonds is 1. The van der Waals surface area contributed by atoms with Crippen molar-refractivity contribution in [3.05, 3.63) is 24.3 Å². The average molecular weight is 126 g/mol. The van der Waals surface area contributed by atoms with Crippen LogP contribution in [0.15, 0.2) is 24.3 Å². The van der Waals surface area contributed by atoms with E-state index in [-0.39, 0.29) is 0 Å². The van der Waals surface area contributed by atoms with Crippen LogP contribution in [0.4, 0.5) is 0 Å². The molecule has 44 valence electrons. The molecular weight excluding hydrogens is 116 g/mol. The van der Waals surface area contributed by atoms with E-state index in [4.69, 9.17) is 0 Å². The molecule has 8 heavy (non-hydrogen) atoms. The summed E-state index contributed by atoms with van der Waals surface area (Å²) in [5, 5.41) is 0.736. The van der Waals surface area contributed by atoms with Crippen LogP contribution in [-0.4, -0.2) is 11.5 Å². The second-order valence-electron chi connectivity index (χ2n) is 1.82. The highest BCUT2D eigenvalue weighted by molar-refractivity contribution is 7.99. The van der Waals surface area contributed by atoms with Crippen LogP contribution in [0.2, 0.25) is 0 Å². The fraction of sp³-hybridized carbons (Fsp3) is 0.429. The van der Waals surface area contributed by atoms with Gasteiger partial charge in [-0.3, -0.25) is 0 Å². The maximum atomic E-state index is 2.24. The van der Waals surface area contributed by atoms with Gasteiger partial charge >= 0.3 is 0 Å². The molecule has 1 aliphatic rings. The zero-order valence-electron chi connectivity index (χ0n) is 5.00. The van der Waals surface area contributed by atoms with Crippen molar-refractivity contribution >= 4 is 11.8 Å². The van der Waals surface area contributed by atoms with Crippen molar-refractivity contribution in [2.24, 2.45) is 0 Å². The summed E-state index contributed by atoms with van der Waals surface area (Å²) in [5.41, 5.74) is 0. The van der Waals surface area contributed by atoms with Crippen LogP contribution >= 0.6 is 11.8 Å². The molecule has 0 aliphatic heterocycles. The third-order valence-electron chi connectivity index (χ3n) is 1.24. The molecule has 0 aromatic rings. The summed E-state index contributed by atoms with van der Waals surface area (Å²) in [7, 11) is 0. The van der Waals surface area contributed by atoms with Crippen molar-refractivity contribution in [2.75, 3.05) is 6.26 Å². The lowest BCUT2D eigenvalue weighted by Gasteiger charge is -2.07. The Bertz CT molecular complexity index is 114. The summed E-state index contributed by atoms with van der Waals surface area (Å²) in [6, 6.07) is 0. The molecule has 0 nitrogen and oxygen atoms in total. The van der Waals surface area contributed by atoms with Crippen molar-refractivity contribution in [1.29, 1.82) is 0 Å². The molecule has 1 rings (SSSR count). The van der Waals surface area contributed by atoms with E-state index in [1.54, 1.807) is 0 Å². The Morgan fingerprint density at radius 1 is 1.50 bits per heavy atom. The van der Waals surface area contributed by atoms with Gasteiger partial charge in [0, 0.05) is 5.25 Å². The molecule has 0 spiro atoms. The van der Waals surface area contributed by atoms with Crippen LogP contribution in [0.5, 0.6) is 0 Å². The van der Waals surface area contributed by atoms with Gasteiger partial charge in [-0.25, -0.2) is 0 Å². The second kappa shape index (κ2) is 2.98. The second-order valence-corrected chi connectivity index (χ2v) is 2.90. The summed E-state index contributed by atoms with van der Waals surface area (Å²) in [4.78, 5) is 0. The zero-order chi connectivity index (χ0) is 5.82. The molecule has 0 N–H and O–H groups in total. The molecule has 1 heteroatoms. The normalized spacial score (nSPS) is 26.4. The molecule has 1 unspecified atom stereocenters. The quantitative estimate of drug-likeness (QED) is 0.519. The molecule has 0 amide bonds. The van der Waals surface area contributed by atoms with E-state index in [1.807, 2.05) is 11.8 Å². The van der Waals surface area contributed by atoms with Gasteiger partial charge in [0.05, 0.1) is 0 Å². The standard InChI is InChI=1S/C7H10S/c1-8-7-5-3-2-4-6-7/h2-5,7H,6H2,1H3. The van der Waals surface area contributed by atoms with Crippen molar-refractivity contribution in [2.45, 2.75) is 11.7 Å². The fourth-order valence-electron chi connectivity index (χ4n) is 0.733. The first-order valence-electron chi connectivity index (χ1n) is 2.79. The number of thioether (sulfide) groups is 1. The maximum absolute atomic E-state index is 2.24. The zero-order valence-corrected chi connectivity index (χ0v) is 5.82. The minimum Gasteiger partial charge on any atom is -0.158 e. The van der Waals surface area contributed by atoms with E-state index in [2.05, 4.69) is 30.6 Å². The highest BCUT2D eigenvalue weighted by atomic mass is 32.2. The van der Waals surface area contributed by atoms with Crippen molar-refractivity contribution < 1.29 is 0 Å². The molecule has 0 fully saturated rings. The first-order chi connectivity index (χ1) is 3.93. The average Bonchev–Trinajstić information content (AvgIpc) is 1.90. The summed E-state index contributed by atoms with van der Waals surface area (Å²) < 4.78 is 0. The smallest absolute Gasteiger partial charge is 0.0261 e. The monoisotopic (exact) mass is 126 g/mol. The lowest BCUT2D eigenvalue weighted by atomic mass is 10.2. The van der Waals surface area contributed by atoms with Gasteiger partial charge < -0.3 is 0 Å². The van der Waals surface area contributed by atoms with E-state index in [0.717, 1.165) is 5.25 Å². The van der Waals surface area contributed by atoms with Gasteiger partial charge in [0.15, 0.2) is 0 Å². The highest BCUT2D eigenvalue weighted by Crippen LogP contribution is 2.15. The van der Waals surface area contributed by atoms with Gasteiger partial charge in [-0.2, -0.15) is 11.8 Å². The predicted molar refractivity (Wildman–Crippen MR) is 40.2 cm³/mol. The Morgan fingerprint density at radius 3 is 2.75 bits per heavy atom. The van der Waals surface area contributed by atoms with E-state index >= 15 is 0 Å². The Balaban J connectivity index is 2.40. The summed E-state index contributed by atoms with van der Waals surface area (Å²) in [6.07, 6.45) is 12.0. The third kappa shape index (κ3) is 1.41. The summed E-state index contributed by atoms with van der Waals surface area (Å²) in [5.74, 6) is 0. The predicted octanol–water partition coefficient (Wildman–Crippen LogP) is 2.23. The molecule has 0 saturated carbocycles. The van der Waals surface area contributed by atoms with Crippen molar-refractivity contribution in [3.63, 3.8) is 0 Å². The van der Waals surface area contributed by atoms with Gasteiger partial charge in [0.25, 0.3) is 0 Å². The van der Waals surface area contributed by atoms with Crippen LogP contribution in [0.25, 0.3) is 0 Å². The Hall–Kier alpha value is -0.170. The lowest BCUT2D eigenvalue weighted by Crippen LogP contribution is -1.96. The number of hydrogen-bond acceptors (Lipinski definition) is 1. The Morgan fingerprint density at radius 2 is 2.38 bits per heavy atom. The van der Waals surface area contributed by atoms with E-state index < -0.39 is 0 Å². The lowest BCUT2D eigenvalue weighted by molar-refractivity contribution is 1.06. The molecule has 0 aromatic heterocycles. The van der Waals surface area contributed by atoms with Crippen molar-refractivity contribution in [3.8, 4) is 0 Å². The number of allylic oxidation sites excluding steroid dienone is 3. The van der Waals surface area contributed by atoms with Gasteiger partial charge in [-0.1, -0.05) is 24.3 Å². The van der Waals surface area contributed by atoms with Crippen LogP contribution in [0.1, 0.15) is 6.42 Å². The molecule has 0 aromatic carbocycles. The van der Waals surface area contributed by atoms with Gasteiger partial charge in [-0.05, 0) is 12.7 Å². The topological polar surface area (TPSA) is 0 Å². The maximum Gasteiger partial charge on any atom is 0.0261 e. The van der Waals surface area contributed by atoms with Gasteiger partial charge in [0.1, 0.15) is 0 Å². The molecule has 0 radical (unpaired) electrons. The molecule has 0 saturated heterocycles. The van der Waals surface area contributed by atoms with Crippen LogP contribution in [0, 0.1) is 0 Å². The largest absolute Gasteiger partial charge is 0.158 e. The van der Waals surface area contributed by atoms with Gasteiger partial charge in [-0.15, -0.1) is 0 Å². The minimum atomic E-state index is 0.736. The highest BCUT2D eigenvalue weighted by Gasteiger charge is 1.99. The van der Waals surface area contributed by atoms with Crippen molar-refractivity contribution in [1.82, 2.24) is 0 Å². The first-order valence-corrected chi connectivity index (χ1v) is 4.08. The van der Waals surface area contributed by atoms with Crippen LogP contribution < -0.4 is 0 Å². The SMILES string of the molecule is CSC1C=CC=CC1. The fourth-order valence-corrected chi connectivity index (χ4v) is 1.28. The number of hydrogen-bond donors (Lipinski definition) is 0. The molecule has 1 atom stereocenters. The van der Waals surface area contributed by atoms with Crippen LogP contribution in [0.3, 0.4) is 0 Å². The van der Waals surface area contributed by atoms with E-state index in [0.29, 0.717) is 0 Å². The molecule has 0 bridgehead atoms. The minimum absolute atomic E-state index is 0.736. The van der Waals surface area contributed by atoms with E-state index in [9.17, 15) is 0 Å². The Labute approximate surface area is 54.7 Å². The Kier molecular flexibility index (Phi) is 2.22.